The van der Waals surface area contributed by atoms with Crippen LogP contribution in [-0.2, 0) is 9.53 Å². The number of piperidine rings is 1. The van der Waals surface area contributed by atoms with Gasteiger partial charge in [-0.1, -0.05) is 5.16 Å². The molecule has 2 heterocycles. The van der Waals surface area contributed by atoms with Crippen LogP contribution in [0.1, 0.15) is 25.7 Å². The lowest BCUT2D eigenvalue weighted by Gasteiger charge is -2.42. The Morgan fingerprint density at radius 2 is 1.90 bits per heavy atom. The maximum absolute atomic E-state index is 12.9. The molecule has 2 fully saturated rings. The van der Waals surface area contributed by atoms with Crippen molar-refractivity contribution in [1.82, 2.24) is 9.80 Å². The van der Waals surface area contributed by atoms with E-state index < -0.39 is 5.41 Å². The Morgan fingerprint density at radius 3 is 2.38 bits per heavy atom. The number of hydrogen-bond donors (Lipinski definition) is 2. The minimum absolute atomic E-state index is 0.0155. The third-order valence-corrected chi connectivity index (χ3v) is 4.84. The first-order valence-corrected chi connectivity index (χ1v) is 7.53. The lowest BCUT2D eigenvalue weighted by Crippen LogP contribution is -2.56. The topological polar surface area (TPSA) is 91.4 Å². The van der Waals surface area contributed by atoms with Gasteiger partial charge >= 0.3 is 0 Å². The molecule has 2 saturated heterocycles. The highest BCUT2D eigenvalue weighted by Crippen LogP contribution is 2.34. The quantitative estimate of drug-likeness (QED) is 0.333. The van der Waals surface area contributed by atoms with Crippen molar-refractivity contribution in [1.29, 1.82) is 0 Å². The molecule has 0 radical (unpaired) electrons. The van der Waals surface area contributed by atoms with E-state index in [-0.39, 0.29) is 11.7 Å². The highest BCUT2D eigenvalue weighted by Gasteiger charge is 2.47. The molecule has 7 heteroatoms. The van der Waals surface area contributed by atoms with E-state index in [1.807, 2.05) is 4.90 Å². The number of carbonyl (C=O) groups excluding carboxylic acids is 1. The second-order valence-electron chi connectivity index (χ2n) is 6.17. The Hall–Kier alpha value is -1.34. The summed E-state index contributed by atoms with van der Waals surface area (Å²) in [5, 5.41) is 12.2. The van der Waals surface area contributed by atoms with Crippen molar-refractivity contribution < 1.29 is 14.7 Å². The average molecular weight is 298 g/mol. The molecular weight excluding hydrogens is 272 g/mol. The number of oxime groups is 1. The molecule has 0 aromatic rings. The number of likely N-dealkylation sites (tertiary alicyclic amines) is 1. The Kier molecular flexibility index (Phi) is 5.05. The number of carbonyl (C=O) groups is 1. The van der Waals surface area contributed by atoms with Crippen molar-refractivity contribution in [3.8, 4) is 0 Å². The van der Waals surface area contributed by atoms with Crippen LogP contribution in [-0.4, -0.2) is 73.2 Å². The fourth-order valence-electron chi connectivity index (χ4n) is 3.28. The Morgan fingerprint density at radius 1 is 1.33 bits per heavy atom. The van der Waals surface area contributed by atoms with Crippen LogP contribution in [0.2, 0.25) is 0 Å². The molecule has 1 amide bonds. The molecule has 0 aromatic heterocycles. The maximum Gasteiger partial charge on any atom is 0.236 e. The van der Waals surface area contributed by atoms with Crippen molar-refractivity contribution >= 4 is 11.7 Å². The summed E-state index contributed by atoms with van der Waals surface area (Å²) in [5.41, 5.74) is 4.96. The van der Waals surface area contributed by atoms with Gasteiger partial charge in [0.25, 0.3) is 0 Å². The maximum atomic E-state index is 12.9. The fraction of sp³-hybridized carbons (Fsp3) is 0.857. The van der Waals surface area contributed by atoms with Crippen LogP contribution in [0.25, 0.3) is 0 Å². The van der Waals surface area contributed by atoms with Gasteiger partial charge in [-0.3, -0.25) is 4.79 Å². The molecule has 0 atom stereocenters. The van der Waals surface area contributed by atoms with E-state index in [1.165, 1.54) is 0 Å². The first kappa shape index (κ1) is 16.0. The molecule has 0 bridgehead atoms. The van der Waals surface area contributed by atoms with Gasteiger partial charge in [-0.2, -0.15) is 0 Å². The van der Waals surface area contributed by atoms with Crippen LogP contribution in [0.5, 0.6) is 0 Å². The smallest absolute Gasteiger partial charge is 0.236 e. The lowest BCUT2D eigenvalue weighted by atomic mass is 9.77. The van der Waals surface area contributed by atoms with E-state index in [4.69, 9.17) is 15.7 Å². The van der Waals surface area contributed by atoms with Crippen molar-refractivity contribution in [2.75, 3.05) is 40.4 Å². The van der Waals surface area contributed by atoms with Crippen LogP contribution in [0, 0.1) is 5.41 Å². The minimum Gasteiger partial charge on any atom is -0.409 e. The molecule has 2 aliphatic rings. The van der Waals surface area contributed by atoms with Gasteiger partial charge in [-0.05, 0) is 39.8 Å². The second kappa shape index (κ2) is 6.62. The van der Waals surface area contributed by atoms with Crippen LogP contribution < -0.4 is 5.73 Å². The number of nitrogens with zero attached hydrogens (tertiary/aromatic N) is 3. The number of nitrogens with two attached hydrogens (primary N) is 1. The Bertz CT molecular complexity index is 397. The third-order valence-electron chi connectivity index (χ3n) is 4.84. The summed E-state index contributed by atoms with van der Waals surface area (Å²) in [4.78, 5) is 17.0. The monoisotopic (exact) mass is 298 g/mol. The lowest BCUT2D eigenvalue weighted by molar-refractivity contribution is -0.144. The number of rotatable bonds is 3. The predicted octanol–water partition coefficient (Wildman–Crippen LogP) is 0.0822. The number of ether oxygens (including phenoxy) is 1. The second-order valence-corrected chi connectivity index (χ2v) is 6.17. The fourth-order valence-corrected chi connectivity index (χ4v) is 3.28. The van der Waals surface area contributed by atoms with Gasteiger partial charge in [0.2, 0.25) is 5.91 Å². The van der Waals surface area contributed by atoms with E-state index >= 15 is 0 Å². The summed E-state index contributed by atoms with van der Waals surface area (Å²) >= 11 is 0. The van der Waals surface area contributed by atoms with Gasteiger partial charge in [0.05, 0.1) is 0 Å². The SMILES string of the molecule is CN(C)C1CCN(C(=O)C2(C(N)=NO)CCOCC2)CC1. The Balaban J connectivity index is 2.09. The molecule has 2 rings (SSSR count). The summed E-state index contributed by atoms with van der Waals surface area (Å²) in [5.74, 6) is 0.00355. The van der Waals surface area contributed by atoms with Gasteiger partial charge in [-0.25, -0.2) is 0 Å². The van der Waals surface area contributed by atoms with Gasteiger partial charge in [-0.15, -0.1) is 0 Å². The van der Waals surface area contributed by atoms with Crippen LogP contribution in [0.15, 0.2) is 5.16 Å². The summed E-state index contributed by atoms with van der Waals surface area (Å²) in [6.45, 7) is 2.39. The molecule has 0 aromatic carbocycles. The van der Waals surface area contributed by atoms with Gasteiger partial charge < -0.3 is 25.5 Å². The van der Waals surface area contributed by atoms with Gasteiger partial charge in [0.15, 0.2) is 5.84 Å². The summed E-state index contributed by atoms with van der Waals surface area (Å²) in [7, 11) is 4.14. The zero-order valence-electron chi connectivity index (χ0n) is 12.9. The summed E-state index contributed by atoms with van der Waals surface area (Å²) in [6, 6.07) is 0.517. The molecule has 7 nitrogen and oxygen atoms in total. The summed E-state index contributed by atoms with van der Waals surface area (Å²) in [6.07, 6.45) is 2.88. The van der Waals surface area contributed by atoms with E-state index in [0.717, 1.165) is 25.9 Å². The van der Waals surface area contributed by atoms with Crippen molar-refractivity contribution in [2.45, 2.75) is 31.7 Å². The highest BCUT2D eigenvalue weighted by molar-refractivity contribution is 6.06. The van der Waals surface area contributed by atoms with E-state index in [1.54, 1.807) is 0 Å². The van der Waals surface area contributed by atoms with Crippen molar-refractivity contribution in [3.05, 3.63) is 0 Å². The van der Waals surface area contributed by atoms with Crippen molar-refractivity contribution in [3.63, 3.8) is 0 Å². The van der Waals surface area contributed by atoms with E-state index in [0.29, 0.717) is 32.1 Å². The average Bonchev–Trinajstić information content (AvgIpc) is 2.54. The molecule has 0 saturated carbocycles. The molecule has 21 heavy (non-hydrogen) atoms. The number of amidine groups is 1. The zero-order valence-corrected chi connectivity index (χ0v) is 12.9. The summed E-state index contributed by atoms with van der Waals surface area (Å²) < 4.78 is 5.34. The third kappa shape index (κ3) is 3.13. The number of amides is 1. The molecule has 0 unspecified atom stereocenters. The minimum atomic E-state index is -0.891. The molecule has 120 valence electrons. The Labute approximate surface area is 125 Å². The number of hydrogen-bond acceptors (Lipinski definition) is 5. The first-order valence-electron chi connectivity index (χ1n) is 7.53. The van der Waals surface area contributed by atoms with Crippen molar-refractivity contribution in [2.24, 2.45) is 16.3 Å². The first-order chi connectivity index (χ1) is 10.0. The predicted molar refractivity (Wildman–Crippen MR) is 79.2 cm³/mol. The highest BCUT2D eigenvalue weighted by atomic mass is 16.5. The van der Waals surface area contributed by atoms with Crippen LogP contribution in [0.4, 0.5) is 0 Å². The molecule has 0 aliphatic carbocycles. The van der Waals surface area contributed by atoms with E-state index in [9.17, 15) is 4.79 Å². The van der Waals surface area contributed by atoms with Crippen LogP contribution >= 0.6 is 0 Å². The van der Waals surface area contributed by atoms with Gasteiger partial charge in [0, 0.05) is 32.3 Å². The zero-order chi connectivity index (χ0) is 15.5. The largest absolute Gasteiger partial charge is 0.409 e. The van der Waals surface area contributed by atoms with Crippen LogP contribution in [0.3, 0.4) is 0 Å². The van der Waals surface area contributed by atoms with E-state index in [2.05, 4.69) is 24.2 Å². The molecule has 3 N–H and O–H groups in total. The molecular formula is C14H26N4O3. The normalized spacial score (nSPS) is 24.3. The van der Waals surface area contributed by atoms with Gasteiger partial charge in [0.1, 0.15) is 5.41 Å². The molecule has 0 spiro atoms. The molecule has 2 aliphatic heterocycles. The standard InChI is InChI=1S/C14H26N4O3/c1-17(2)11-3-7-18(8-4-11)13(19)14(12(15)16-20)5-9-21-10-6-14/h11,20H,3-10H2,1-2H3,(H2,15,16).